The van der Waals surface area contributed by atoms with Gasteiger partial charge in [0.25, 0.3) is 5.91 Å². The zero-order chi connectivity index (χ0) is 20.5. The number of piperidine rings is 1. The number of pyridine rings is 1. The first-order valence-electron chi connectivity index (χ1n) is 9.24. The molecular formula is C20H24ClN3O4. The van der Waals surface area contributed by atoms with E-state index in [1.54, 1.807) is 23.1 Å². The highest BCUT2D eigenvalue weighted by Crippen LogP contribution is 2.20. The number of nitrogens with one attached hydrogen (secondary N) is 2. The molecule has 1 saturated heterocycles. The van der Waals surface area contributed by atoms with E-state index in [2.05, 4.69) is 10.3 Å². The van der Waals surface area contributed by atoms with Crippen molar-refractivity contribution in [3.05, 3.63) is 45.2 Å². The second kappa shape index (κ2) is 7.83. The van der Waals surface area contributed by atoms with Crippen molar-refractivity contribution >= 4 is 34.5 Å². The number of carbonyl (C=O) groups is 2. The number of alkyl carbamates (subject to hydrolysis) is 1. The molecule has 0 bridgehead atoms. The smallest absolute Gasteiger partial charge is 0.407 e. The summed E-state index contributed by atoms with van der Waals surface area (Å²) in [4.78, 5) is 42.0. The number of H-pyrrole nitrogens is 1. The fraction of sp³-hybridized carbons (Fsp3) is 0.450. The summed E-state index contributed by atoms with van der Waals surface area (Å²) in [5.41, 5.74) is -0.282. The first kappa shape index (κ1) is 20.2. The molecule has 8 heteroatoms. The van der Waals surface area contributed by atoms with Crippen LogP contribution in [0.5, 0.6) is 0 Å². The lowest BCUT2D eigenvalue weighted by atomic mass is 10.0. The van der Waals surface area contributed by atoms with Crippen LogP contribution in [0, 0.1) is 0 Å². The lowest BCUT2D eigenvalue weighted by Gasteiger charge is -2.32. The zero-order valence-corrected chi connectivity index (χ0v) is 16.9. The standard InChI is InChI=1S/C20H24ClN3O4/c1-20(2,3)28-19(27)23-12-7-9-24(10-8-12)18(26)14-11-22-16-13(17(14)25)5-4-6-15(16)21/h4-6,11-12H,7-10H2,1-3H3,(H,22,25)(H,23,27). The number of rotatable bonds is 2. The van der Waals surface area contributed by atoms with E-state index in [1.165, 1.54) is 6.20 Å². The van der Waals surface area contributed by atoms with Gasteiger partial charge in [0.2, 0.25) is 5.43 Å². The Bertz CT molecular complexity index is 956. The minimum absolute atomic E-state index is 0.0624. The van der Waals surface area contributed by atoms with E-state index in [1.807, 2.05) is 20.8 Å². The fourth-order valence-electron chi connectivity index (χ4n) is 3.25. The maximum absolute atomic E-state index is 12.8. The molecule has 0 radical (unpaired) electrons. The number of hydrogen-bond acceptors (Lipinski definition) is 4. The molecule has 3 rings (SSSR count). The van der Waals surface area contributed by atoms with Crippen molar-refractivity contribution in [3.63, 3.8) is 0 Å². The van der Waals surface area contributed by atoms with Crippen molar-refractivity contribution in [1.82, 2.24) is 15.2 Å². The van der Waals surface area contributed by atoms with Crippen LogP contribution in [0.3, 0.4) is 0 Å². The minimum atomic E-state index is -0.555. The monoisotopic (exact) mass is 405 g/mol. The maximum Gasteiger partial charge on any atom is 0.407 e. The third-order valence-corrected chi connectivity index (χ3v) is 4.91. The van der Waals surface area contributed by atoms with E-state index in [4.69, 9.17) is 16.3 Å². The number of fused-ring (bicyclic) bond motifs is 1. The molecule has 2 amide bonds. The molecule has 150 valence electrons. The van der Waals surface area contributed by atoms with Gasteiger partial charge in [-0.25, -0.2) is 4.79 Å². The van der Waals surface area contributed by atoms with Crippen LogP contribution < -0.4 is 10.7 Å². The quantitative estimate of drug-likeness (QED) is 0.801. The molecule has 0 unspecified atom stereocenters. The Morgan fingerprint density at radius 3 is 2.57 bits per heavy atom. The number of ether oxygens (including phenoxy) is 1. The molecule has 28 heavy (non-hydrogen) atoms. The number of hydrogen-bond donors (Lipinski definition) is 2. The van der Waals surface area contributed by atoms with Crippen LogP contribution >= 0.6 is 11.6 Å². The molecule has 1 aromatic carbocycles. The van der Waals surface area contributed by atoms with Gasteiger partial charge in [0.1, 0.15) is 11.2 Å². The molecule has 1 fully saturated rings. The maximum atomic E-state index is 12.8. The van der Waals surface area contributed by atoms with Crippen molar-refractivity contribution in [2.75, 3.05) is 13.1 Å². The van der Waals surface area contributed by atoms with Crippen LogP contribution in [0.4, 0.5) is 4.79 Å². The third-order valence-electron chi connectivity index (χ3n) is 4.60. The van der Waals surface area contributed by atoms with Gasteiger partial charge in [-0.2, -0.15) is 0 Å². The lowest BCUT2D eigenvalue weighted by molar-refractivity contribution is 0.0473. The number of amides is 2. The first-order valence-corrected chi connectivity index (χ1v) is 9.62. The first-order chi connectivity index (χ1) is 13.2. The van der Waals surface area contributed by atoms with E-state index in [0.717, 1.165) is 0 Å². The molecule has 2 aromatic rings. The Hall–Kier alpha value is -2.54. The van der Waals surface area contributed by atoms with Gasteiger partial charge in [-0.3, -0.25) is 9.59 Å². The second-order valence-corrected chi connectivity index (χ2v) is 8.31. The van der Waals surface area contributed by atoms with Crippen LogP contribution in [0.2, 0.25) is 5.02 Å². The molecule has 7 nitrogen and oxygen atoms in total. The van der Waals surface area contributed by atoms with Crippen molar-refractivity contribution in [2.24, 2.45) is 0 Å². The summed E-state index contributed by atoms with van der Waals surface area (Å²) in [6.07, 6.45) is 2.16. The van der Waals surface area contributed by atoms with Crippen LogP contribution in [-0.4, -0.2) is 46.6 Å². The molecule has 0 saturated carbocycles. The average molecular weight is 406 g/mol. The van der Waals surface area contributed by atoms with Crippen LogP contribution in [-0.2, 0) is 4.74 Å². The Balaban J connectivity index is 1.66. The van der Waals surface area contributed by atoms with Crippen molar-refractivity contribution in [1.29, 1.82) is 0 Å². The van der Waals surface area contributed by atoms with E-state index >= 15 is 0 Å². The number of halogens is 1. The zero-order valence-electron chi connectivity index (χ0n) is 16.2. The number of carbonyl (C=O) groups excluding carboxylic acids is 2. The summed E-state index contributed by atoms with van der Waals surface area (Å²) in [6.45, 7) is 6.32. The Morgan fingerprint density at radius 1 is 1.25 bits per heavy atom. The average Bonchev–Trinajstić information content (AvgIpc) is 2.61. The molecule has 1 aliphatic heterocycles. The highest BCUT2D eigenvalue weighted by molar-refractivity contribution is 6.35. The van der Waals surface area contributed by atoms with Gasteiger partial charge in [-0.05, 0) is 45.7 Å². The van der Waals surface area contributed by atoms with Crippen LogP contribution in [0.25, 0.3) is 10.9 Å². The molecule has 2 N–H and O–H groups in total. The number of aromatic nitrogens is 1. The molecule has 2 heterocycles. The van der Waals surface area contributed by atoms with Crippen LogP contribution in [0.1, 0.15) is 44.0 Å². The van der Waals surface area contributed by atoms with Gasteiger partial charge in [0.05, 0.1) is 10.5 Å². The molecule has 1 aromatic heterocycles. The number of para-hydroxylation sites is 1. The summed E-state index contributed by atoms with van der Waals surface area (Å²) >= 11 is 6.10. The van der Waals surface area contributed by atoms with Gasteiger partial charge in [0, 0.05) is 30.7 Å². The Kier molecular flexibility index (Phi) is 5.65. The van der Waals surface area contributed by atoms with E-state index < -0.39 is 11.7 Å². The van der Waals surface area contributed by atoms with Gasteiger partial charge in [-0.15, -0.1) is 0 Å². The van der Waals surface area contributed by atoms with Gasteiger partial charge in [0.15, 0.2) is 0 Å². The predicted octanol–water partition coefficient (Wildman–Crippen LogP) is 3.31. The second-order valence-electron chi connectivity index (χ2n) is 7.91. The highest BCUT2D eigenvalue weighted by Gasteiger charge is 2.27. The summed E-state index contributed by atoms with van der Waals surface area (Å²) in [5, 5.41) is 3.66. The Labute approximate surface area is 168 Å². The molecular weight excluding hydrogens is 382 g/mol. The number of benzene rings is 1. The van der Waals surface area contributed by atoms with Crippen LogP contribution in [0.15, 0.2) is 29.2 Å². The topological polar surface area (TPSA) is 91.5 Å². The summed E-state index contributed by atoms with van der Waals surface area (Å²) < 4.78 is 5.26. The normalized spacial score (nSPS) is 15.5. The van der Waals surface area contributed by atoms with Crippen molar-refractivity contribution < 1.29 is 14.3 Å². The fourth-order valence-corrected chi connectivity index (χ4v) is 3.47. The SMILES string of the molecule is CC(C)(C)OC(=O)NC1CCN(C(=O)c2c[nH]c3c(Cl)cccc3c2=O)CC1. The number of nitrogens with zero attached hydrogens (tertiary/aromatic N) is 1. The van der Waals surface area contributed by atoms with E-state index in [0.29, 0.717) is 41.9 Å². The molecule has 0 atom stereocenters. The van der Waals surface area contributed by atoms with Crippen molar-refractivity contribution in [2.45, 2.75) is 45.3 Å². The lowest BCUT2D eigenvalue weighted by Crippen LogP contribution is -2.48. The summed E-state index contributed by atoms with van der Waals surface area (Å²) in [7, 11) is 0. The molecule has 0 aliphatic carbocycles. The minimum Gasteiger partial charge on any atom is -0.444 e. The number of likely N-dealkylation sites (tertiary alicyclic amines) is 1. The van der Waals surface area contributed by atoms with Gasteiger partial charge in [-0.1, -0.05) is 17.7 Å². The van der Waals surface area contributed by atoms with Gasteiger partial charge < -0.3 is 19.9 Å². The van der Waals surface area contributed by atoms with Gasteiger partial charge >= 0.3 is 6.09 Å². The molecule has 0 spiro atoms. The largest absolute Gasteiger partial charge is 0.444 e. The molecule has 1 aliphatic rings. The summed E-state index contributed by atoms with van der Waals surface area (Å²) in [6, 6.07) is 4.95. The van der Waals surface area contributed by atoms with E-state index in [-0.39, 0.29) is 22.9 Å². The van der Waals surface area contributed by atoms with Crippen molar-refractivity contribution in [3.8, 4) is 0 Å². The highest BCUT2D eigenvalue weighted by atomic mass is 35.5. The number of aromatic amines is 1. The Morgan fingerprint density at radius 2 is 1.93 bits per heavy atom. The summed E-state index contributed by atoms with van der Waals surface area (Å²) in [5.74, 6) is -0.321. The predicted molar refractivity (Wildman–Crippen MR) is 108 cm³/mol. The van der Waals surface area contributed by atoms with E-state index in [9.17, 15) is 14.4 Å². The third kappa shape index (κ3) is 4.47.